The van der Waals surface area contributed by atoms with Crippen LogP contribution in [0.3, 0.4) is 0 Å². The summed E-state index contributed by atoms with van der Waals surface area (Å²) in [7, 11) is 3.72. The molecule has 0 spiro atoms. The highest BCUT2D eigenvalue weighted by atomic mass is 16.5. The minimum atomic E-state index is -0.169. The molecule has 0 radical (unpaired) electrons. The fourth-order valence-electron chi connectivity index (χ4n) is 1.20. The van der Waals surface area contributed by atoms with Crippen LogP contribution in [0, 0.1) is 0 Å². The SMILES string of the molecule is CCCCOC(=O)CNCCN(C)CCOC. The molecular formula is C12H26N2O3. The van der Waals surface area contributed by atoms with Gasteiger partial charge < -0.3 is 19.7 Å². The number of nitrogens with one attached hydrogen (secondary N) is 1. The predicted octanol–water partition coefficient (Wildman–Crippen LogP) is 0.498. The molecule has 0 unspecified atom stereocenters. The van der Waals surface area contributed by atoms with Gasteiger partial charge in [-0.2, -0.15) is 0 Å². The number of hydrogen-bond acceptors (Lipinski definition) is 5. The first kappa shape index (κ1) is 16.4. The smallest absolute Gasteiger partial charge is 0.319 e. The first-order chi connectivity index (χ1) is 8.20. The molecule has 0 rings (SSSR count). The standard InChI is InChI=1S/C12H26N2O3/c1-4-5-9-17-12(15)11-13-6-7-14(2)8-10-16-3/h13H,4-11H2,1-3H3. The molecule has 0 bridgehead atoms. The van der Waals surface area contributed by atoms with E-state index < -0.39 is 0 Å². The van der Waals surface area contributed by atoms with Crippen molar-refractivity contribution in [3.05, 3.63) is 0 Å². The van der Waals surface area contributed by atoms with Crippen molar-refractivity contribution in [2.75, 3.05) is 53.6 Å². The molecule has 0 aliphatic carbocycles. The second kappa shape index (κ2) is 11.8. The molecule has 0 aliphatic rings. The Balaban J connectivity index is 3.29. The molecule has 0 atom stereocenters. The summed E-state index contributed by atoms with van der Waals surface area (Å²) < 4.78 is 10.00. The van der Waals surface area contributed by atoms with Crippen LogP contribution in [0.25, 0.3) is 0 Å². The summed E-state index contributed by atoms with van der Waals surface area (Å²) in [6.07, 6.45) is 1.98. The topological polar surface area (TPSA) is 50.8 Å². The van der Waals surface area contributed by atoms with Crippen LogP contribution in [0.2, 0.25) is 0 Å². The van der Waals surface area contributed by atoms with Gasteiger partial charge in [0.2, 0.25) is 0 Å². The average molecular weight is 246 g/mol. The first-order valence-corrected chi connectivity index (χ1v) is 6.24. The summed E-state index contributed by atoms with van der Waals surface area (Å²) >= 11 is 0. The van der Waals surface area contributed by atoms with E-state index in [0.29, 0.717) is 13.2 Å². The van der Waals surface area contributed by atoms with Crippen molar-refractivity contribution >= 4 is 5.97 Å². The van der Waals surface area contributed by atoms with Crippen LogP contribution >= 0.6 is 0 Å². The third kappa shape index (κ3) is 11.6. The largest absolute Gasteiger partial charge is 0.465 e. The molecule has 0 saturated heterocycles. The molecule has 0 aromatic carbocycles. The van der Waals surface area contributed by atoms with Crippen molar-refractivity contribution in [3.63, 3.8) is 0 Å². The molecule has 102 valence electrons. The van der Waals surface area contributed by atoms with Crippen molar-refractivity contribution in [1.82, 2.24) is 10.2 Å². The van der Waals surface area contributed by atoms with E-state index in [4.69, 9.17) is 9.47 Å². The molecule has 0 amide bonds. The first-order valence-electron chi connectivity index (χ1n) is 6.24. The van der Waals surface area contributed by atoms with Gasteiger partial charge in [-0.05, 0) is 13.5 Å². The summed E-state index contributed by atoms with van der Waals surface area (Å²) in [6.45, 7) is 6.21. The van der Waals surface area contributed by atoms with E-state index in [1.807, 2.05) is 7.05 Å². The zero-order chi connectivity index (χ0) is 12.9. The van der Waals surface area contributed by atoms with E-state index in [9.17, 15) is 4.79 Å². The van der Waals surface area contributed by atoms with Crippen LogP contribution in [0.15, 0.2) is 0 Å². The number of rotatable bonds is 11. The highest BCUT2D eigenvalue weighted by Gasteiger charge is 2.02. The van der Waals surface area contributed by atoms with Gasteiger partial charge in [-0.3, -0.25) is 4.79 Å². The van der Waals surface area contributed by atoms with Gasteiger partial charge in [0.25, 0.3) is 0 Å². The zero-order valence-electron chi connectivity index (χ0n) is 11.3. The maximum Gasteiger partial charge on any atom is 0.319 e. The van der Waals surface area contributed by atoms with Crippen LogP contribution < -0.4 is 5.32 Å². The van der Waals surface area contributed by atoms with Crippen molar-refractivity contribution in [3.8, 4) is 0 Å². The second-order valence-corrected chi connectivity index (χ2v) is 4.05. The summed E-state index contributed by atoms with van der Waals surface area (Å²) in [5.74, 6) is -0.169. The third-order valence-corrected chi connectivity index (χ3v) is 2.38. The predicted molar refractivity (Wildman–Crippen MR) is 68.1 cm³/mol. The third-order valence-electron chi connectivity index (χ3n) is 2.38. The molecule has 5 heteroatoms. The van der Waals surface area contributed by atoms with Gasteiger partial charge >= 0.3 is 5.97 Å². The van der Waals surface area contributed by atoms with E-state index in [1.54, 1.807) is 7.11 Å². The Morgan fingerprint density at radius 3 is 2.71 bits per heavy atom. The molecule has 0 fully saturated rings. The van der Waals surface area contributed by atoms with E-state index in [1.165, 1.54) is 0 Å². The Morgan fingerprint density at radius 1 is 1.29 bits per heavy atom. The Kier molecular flexibility index (Phi) is 11.4. The van der Waals surface area contributed by atoms with Crippen LogP contribution in [-0.4, -0.2) is 64.4 Å². The van der Waals surface area contributed by atoms with Gasteiger partial charge in [-0.15, -0.1) is 0 Å². The van der Waals surface area contributed by atoms with E-state index in [-0.39, 0.29) is 5.97 Å². The number of unbranched alkanes of at least 4 members (excludes halogenated alkanes) is 1. The molecular weight excluding hydrogens is 220 g/mol. The highest BCUT2D eigenvalue weighted by molar-refractivity contribution is 5.71. The summed E-state index contributed by atoms with van der Waals surface area (Å²) in [5, 5.41) is 3.06. The van der Waals surface area contributed by atoms with Crippen molar-refractivity contribution in [2.24, 2.45) is 0 Å². The molecule has 0 heterocycles. The maximum atomic E-state index is 11.2. The fourth-order valence-corrected chi connectivity index (χ4v) is 1.20. The van der Waals surface area contributed by atoms with E-state index >= 15 is 0 Å². The van der Waals surface area contributed by atoms with Crippen LogP contribution in [0.5, 0.6) is 0 Å². The van der Waals surface area contributed by atoms with E-state index in [2.05, 4.69) is 17.1 Å². The highest BCUT2D eigenvalue weighted by Crippen LogP contribution is 1.88. The van der Waals surface area contributed by atoms with Crippen molar-refractivity contribution < 1.29 is 14.3 Å². The Bertz CT molecular complexity index is 189. The number of carbonyl (C=O) groups excluding carboxylic acids is 1. The van der Waals surface area contributed by atoms with Gasteiger partial charge in [0, 0.05) is 26.7 Å². The fraction of sp³-hybridized carbons (Fsp3) is 0.917. The number of likely N-dealkylation sites (N-methyl/N-ethyl adjacent to an activating group) is 1. The van der Waals surface area contributed by atoms with Crippen LogP contribution in [0.4, 0.5) is 0 Å². The Hall–Kier alpha value is -0.650. The lowest BCUT2D eigenvalue weighted by Crippen LogP contribution is -2.34. The van der Waals surface area contributed by atoms with Crippen LogP contribution in [0.1, 0.15) is 19.8 Å². The summed E-state index contributed by atoms with van der Waals surface area (Å²) in [4.78, 5) is 13.4. The molecule has 5 nitrogen and oxygen atoms in total. The van der Waals surface area contributed by atoms with Crippen molar-refractivity contribution in [2.45, 2.75) is 19.8 Å². The maximum absolute atomic E-state index is 11.2. The monoisotopic (exact) mass is 246 g/mol. The number of ether oxygens (including phenoxy) is 2. The quantitative estimate of drug-likeness (QED) is 0.425. The van der Waals surface area contributed by atoms with Gasteiger partial charge in [-0.25, -0.2) is 0 Å². The lowest BCUT2D eigenvalue weighted by Gasteiger charge is -2.15. The van der Waals surface area contributed by atoms with Gasteiger partial charge in [0.05, 0.1) is 19.8 Å². The average Bonchev–Trinajstić information content (AvgIpc) is 2.32. The molecule has 17 heavy (non-hydrogen) atoms. The lowest BCUT2D eigenvalue weighted by atomic mass is 10.4. The number of carbonyl (C=O) groups is 1. The van der Waals surface area contributed by atoms with Gasteiger partial charge in [0.1, 0.15) is 0 Å². The number of esters is 1. The van der Waals surface area contributed by atoms with E-state index in [0.717, 1.165) is 39.1 Å². The lowest BCUT2D eigenvalue weighted by molar-refractivity contribution is -0.142. The molecule has 1 N–H and O–H groups in total. The Labute approximate surface area is 104 Å². The second-order valence-electron chi connectivity index (χ2n) is 4.05. The summed E-state index contributed by atoms with van der Waals surface area (Å²) in [6, 6.07) is 0. The van der Waals surface area contributed by atoms with Gasteiger partial charge in [-0.1, -0.05) is 13.3 Å². The van der Waals surface area contributed by atoms with Gasteiger partial charge in [0.15, 0.2) is 0 Å². The number of methoxy groups -OCH3 is 1. The van der Waals surface area contributed by atoms with Crippen LogP contribution in [-0.2, 0) is 14.3 Å². The molecule has 0 aliphatic heterocycles. The molecule has 0 aromatic heterocycles. The zero-order valence-corrected chi connectivity index (χ0v) is 11.3. The minimum Gasteiger partial charge on any atom is -0.465 e. The number of nitrogens with zero attached hydrogens (tertiary/aromatic N) is 1. The molecule has 0 aromatic rings. The molecule has 0 saturated carbocycles. The normalized spacial score (nSPS) is 10.8. The van der Waals surface area contributed by atoms with Crippen molar-refractivity contribution in [1.29, 1.82) is 0 Å². The Morgan fingerprint density at radius 2 is 2.06 bits per heavy atom. The summed E-state index contributed by atoms with van der Waals surface area (Å²) in [5.41, 5.74) is 0. The minimum absolute atomic E-state index is 0.169. The number of hydrogen-bond donors (Lipinski definition) is 1.